The summed E-state index contributed by atoms with van der Waals surface area (Å²) >= 11 is 0. The molecule has 1 heteroatoms. The molecule has 0 aromatic carbocycles. The van der Waals surface area contributed by atoms with Gasteiger partial charge in [-0.1, -0.05) is 59.8 Å². The van der Waals surface area contributed by atoms with E-state index >= 15 is 0 Å². The number of rotatable bonds is 6. The molecule has 1 aliphatic rings. The van der Waals surface area contributed by atoms with Gasteiger partial charge in [0, 0.05) is 6.04 Å². The lowest BCUT2D eigenvalue weighted by atomic mass is 9.83. The lowest BCUT2D eigenvalue weighted by molar-refractivity contribution is 0.263. The average molecular weight is 239 g/mol. The molecular weight excluding hydrogens is 206 g/mol. The Morgan fingerprint density at radius 2 is 1.59 bits per heavy atom. The molecule has 1 rings (SSSR count). The van der Waals surface area contributed by atoms with Gasteiger partial charge < -0.3 is 5.32 Å². The Morgan fingerprint density at radius 1 is 0.941 bits per heavy atom. The van der Waals surface area contributed by atoms with E-state index in [1.807, 2.05) is 0 Å². The highest BCUT2D eigenvalue weighted by atomic mass is 14.9. The van der Waals surface area contributed by atoms with Gasteiger partial charge >= 0.3 is 0 Å². The van der Waals surface area contributed by atoms with Crippen LogP contribution in [-0.4, -0.2) is 12.6 Å². The molecule has 2 atom stereocenters. The first-order chi connectivity index (χ1) is 8.09. The SMILES string of the molecule is CC(C)CCC1CCCCCC1CNC(C)C. The lowest BCUT2D eigenvalue weighted by Crippen LogP contribution is -2.32. The second-order valence-electron chi connectivity index (χ2n) is 6.69. The van der Waals surface area contributed by atoms with Crippen LogP contribution in [0, 0.1) is 17.8 Å². The molecule has 0 heterocycles. The summed E-state index contributed by atoms with van der Waals surface area (Å²) in [5.74, 6) is 2.81. The average Bonchev–Trinajstić information content (AvgIpc) is 2.48. The van der Waals surface area contributed by atoms with E-state index in [0.717, 1.165) is 17.8 Å². The van der Waals surface area contributed by atoms with Crippen LogP contribution >= 0.6 is 0 Å². The predicted octanol–water partition coefficient (Wildman–Crippen LogP) is 4.62. The van der Waals surface area contributed by atoms with Crippen molar-refractivity contribution < 1.29 is 0 Å². The molecule has 1 nitrogen and oxygen atoms in total. The van der Waals surface area contributed by atoms with Crippen LogP contribution in [0.25, 0.3) is 0 Å². The van der Waals surface area contributed by atoms with Crippen LogP contribution < -0.4 is 5.32 Å². The predicted molar refractivity (Wildman–Crippen MR) is 77.3 cm³/mol. The first-order valence-electron chi connectivity index (χ1n) is 7.83. The normalized spacial score (nSPS) is 26.5. The van der Waals surface area contributed by atoms with Crippen molar-refractivity contribution in [3.05, 3.63) is 0 Å². The largest absolute Gasteiger partial charge is 0.314 e. The fourth-order valence-electron chi connectivity index (χ4n) is 3.04. The van der Waals surface area contributed by atoms with Crippen molar-refractivity contribution in [2.24, 2.45) is 17.8 Å². The van der Waals surface area contributed by atoms with Gasteiger partial charge in [0.05, 0.1) is 0 Å². The zero-order chi connectivity index (χ0) is 12.7. The van der Waals surface area contributed by atoms with Crippen molar-refractivity contribution in [2.45, 2.75) is 78.7 Å². The molecule has 0 radical (unpaired) electrons. The summed E-state index contributed by atoms with van der Waals surface area (Å²) in [4.78, 5) is 0. The summed E-state index contributed by atoms with van der Waals surface area (Å²) in [6.07, 6.45) is 10.2. The van der Waals surface area contributed by atoms with E-state index in [4.69, 9.17) is 0 Å². The van der Waals surface area contributed by atoms with Gasteiger partial charge in [0.25, 0.3) is 0 Å². The Balaban J connectivity index is 2.41. The van der Waals surface area contributed by atoms with E-state index in [1.54, 1.807) is 0 Å². The van der Waals surface area contributed by atoms with E-state index in [9.17, 15) is 0 Å². The summed E-state index contributed by atoms with van der Waals surface area (Å²) in [7, 11) is 0. The third-order valence-electron chi connectivity index (χ3n) is 4.22. The summed E-state index contributed by atoms with van der Waals surface area (Å²) in [5, 5.41) is 3.66. The van der Waals surface area contributed by atoms with Gasteiger partial charge in [0.2, 0.25) is 0 Å². The number of hydrogen-bond acceptors (Lipinski definition) is 1. The van der Waals surface area contributed by atoms with Crippen LogP contribution in [-0.2, 0) is 0 Å². The smallest absolute Gasteiger partial charge is 0.00104 e. The van der Waals surface area contributed by atoms with Gasteiger partial charge in [-0.3, -0.25) is 0 Å². The minimum Gasteiger partial charge on any atom is -0.314 e. The van der Waals surface area contributed by atoms with Gasteiger partial charge in [0.15, 0.2) is 0 Å². The van der Waals surface area contributed by atoms with E-state index in [1.165, 1.54) is 51.5 Å². The van der Waals surface area contributed by atoms with Crippen LogP contribution in [0.15, 0.2) is 0 Å². The van der Waals surface area contributed by atoms with Crippen LogP contribution in [0.1, 0.15) is 72.6 Å². The third-order valence-corrected chi connectivity index (χ3v) is 4.22. The third kappa shape index (κ3) is 6.45. The molecule has 102 valence electrons. The summed E-state index contributed by atoms with van der Waals surface area (Å²) < 4.78 is 0. The molecule has 0 aromatic heterocycles. The molecule has 0 saturated heterocycles. The topological polar surface area (TPSA) is 12.0 Å². The molecule has 0 aromatic rings. The second-order valence-corrected chi connectivity index (χ2v) is 6.69. The Kier molecular flexibility index (Phi) is 7.18. The maximum atomic E-state index is 3.66. The zero-order valence-electron chi connectivity index (χ0n) is 12.5. The Morgan fingerprint density at radius 3 is 2.18 bits per heavy atom. The van der Waals surface area contributed by atoms with Gasteiger partial charge in [-0.05, 0) is 37.1 Å². The van der Waals surface area contributed by atoms with Crippen LogP contribution in [0.5, 0.6) is 0 Å². The van der Waals surface area contributed by atoms with Crippen molar-refractivity contribution in [3.8, 4) is 0 Å². The number of hydrogen-bond donors (Lipinski definition) is 1. The maximum absolute atomic E-state index is 3.66. The molecule has 1 N–H and O–H groups in total. The monoisotopic (exact) mass is 239 g/mol. The van der Waals surface area contributed by atoms with Crippen molar-refractivity contribution in [3.63, 3.8) is 0 Å². The highest BCUT2D eigenvalue weighted by molar-refractivity contribution is 4.77. The standard InChI is InChI=1S/C16H33N/c1-13(2)10-11-15-8-6-5-7-9-16(15)12-17-14(3)4/h13-17H,5-12H2,1-4H3. The Labute approximate surface area is 109 Å². The molecule has 1 aliphatic carbocycles. The Hall–Kier alpha value is -0.0400. The minimum atomic E-state index is 0.643. The first-order valence-corrected chi connectivity index (χ1v) is 7.83. The highest BCUT2D eigenvalue weighted by Crippen LogP contribution is 2.32. The summed E-state index contributed by atoms with van der Waals surface area (Å²) in [5.41, 5.74) is 0. The first kappa shape index (κ1) is 15.0. The molecule has 1 fully saturated rings. The fourth-order valence-corrected chi connectivity index (χ4v) is 3.04. The second kappa shape index (κ2) is 8.13. The van der Waals surface area contributed by atoms with E-state index in [0.29, 0.717) is 6.04 Å². The lowest BCUT2D eigenvalue weighted by Gasteiger charge is -2.27. The Bertz CT molecular complexity index is 166. The molecule has 0 aliphatic heterocycles. The molecule has 0 bridgehead atoms. The van der Waals surface area contributed by atoms with Gasteiger partial charge in [-0.2, -0.15) is 0 Å². The van der Waals surface area contributed by atoms with Crippen molar-refractivity contribution in [2.75, 3.05) is 6.54 Å². The number of nitrogens with one attached hydrogen (secondary N) is 1. The molecule has 2 unspecified atom stereocenters. The fraction of sp³-hybridized carbons (Fsp3) is 1.00. The van der Waals surface area contributed by atoms with Crippen molar-refractivity contribution >= 4 is 0 Å². The van der Waals surface area contributed by atoms with E-state index in [-0.39, 0.29) is 0 Å². The van der Waals surface area contributed by atoms with Gasteiger partial charge in [-0.25, -0.2) is 0 Å². The van der Waals surface area contributed by atoms with Crippen molar-refractivity contribution in [1.29, 1.82) is 0 Å². The molecule has 0 amide bonds. The summed E-state index contributed by atoms with van der Waals surface area (Å²) in [6.45, 7) is 10.5. The summed E-state index contributed by atoms with van der Waals surface area (Å²) in [6, 6.07) is 0.643. The van der Waals surface area contributed by atoms with Gasteiger partial charge in [0.1, 0.15) is 0 Å². The van der Waals surface area contributed by atoms with Gasteiger partial charge in [-0.15, -0.1) is 0 Å². The van der Waals surface area contributed by atoms with Crippen molar-refractivity contribution in [1.82, 2.24) is 5.32 Å². The van der Waals surface area contributed by atoms with E-state index < -0.39 is 0 Å². The zero-order valence-corrected chi connectivity index (χ0v) is 12.5. The minimum absolute atomic E-state index is 0.643. The van der Waals surface area contributed by atoms with E-state index in [2.05, 4.69) is 33.0 Å². The van der Waals surface area contributed by atoms with Crippen LogP contribution in [0.2, 0.25) is 0 Å². The van der Waals surface area contributed by atoms with Crippen LogP contribution in [0.4, 0.5) is 0 Å². The quantitative estimate of drug-likeness (QED) is 0.667. The molecule has 1 saturated carbocycles. The molecule has 17 heavy (non-hydrogen) atoms. The molecular formula is C16H33N. The maximum Gasteiger partial charge on any atom is 0.00104 e. The highest BCUT2D eigenvalue weighted by Gasteiger charge is 2.23. The van der Waals surface area contributed by atoms with Crippen LogP contribution in [0.3, 0.4) is 0 Å². The molecule has 0 spiro atoms.